The molecule has 0 bridgehead atoms. The van der Waals surface area contributed by atoms with Crippen LogP contribution in [0, 0.1) is 6.92 Å². The van der Waals surface area contributed by atoms with E-state index < -0.39 is 0 Å². The molecule has 0 aliphatic heterocycles. The number of benzene rings is 1. The average molecular weight is 368 g/mol. The molecule has 0 aliphatic carbocycles. The number of carbonyl (C=O) groups excluding carboxylic acids is 1. The topological polar surface area (TPSA) is 79.8 Å². The van der Waals surface area contributed by atoms with Gasteiger partial charge >= 0.3 is 0 Å². The number of aryl methyl sites for hydroxylation is 1. The van der Waals surface area contributed by atoms with Crippen molar-refractivity contribution in [3.63, 3.8) is 0 Å². The van der Waals surface area contributed by atoms with E-state index in [1.54, 1.807) is 30.6 Å². The predicted octanol–water partition coefficient (Wildman–Crippen LogP) is 3.38. The highest BCUT2D eigenvalue weighted by Crippen LogP contribution is 2.10. The molecule has 2 aromatic heterocycles. The quantitative estimate of drug-likeness (QED) is 0.698. The SMILES string of the molecule is Cc1cc(C(=O)NCc2ccc(Cl)cc2)nc(NCc2cccnc2)n1. The maximum atomic E-state index is 12.4. The number of rotatable bonds is 6. The van der Waals surface area contributed by atoms with Gasteiger partial charge in [0.15, 0.2) is 0 Å². The first-order valence-corrected chi connectivity index (χ1v) is 8.49. The maximum absolute atomic E-state index is 12.4. The van der Waals surface area contributed by atoms with E-state index in [9.17, 15) is 4.79 Å². The number of pyridine rings is 1. The van der Waals surface area contributed by atoms with Crippen LogP contribution in [0.4, 0.5) is 5.95 Å². The second-order valence-electron chi connectivity index (χ2n) is 5.74. The summed E-state index contributed by atoms with van der Waals surface area (Å²) in [6.07, 6.45) is 3.48. The van der Waals surface area contributed by atoms with Gasteiger partial charge in [0.1, 0.15) is 5.69 Å². The Morgan fingerprint density at radius 3 is 2.62 bits per heavy atom. The molecular formula is C19H18ClN5O. The van der Waals surface area contributed by atoms with Crippen molar-refractivity contribution < 1.29 is 4.79 Å². The molecule has 2 heterocycles. The molecule has 3 rings (SSSR count). The molecule has 26 heavy (non-hydrogen) atoms. The largest absolute Gasteiger partial charge is 0.350 e. The molecule has 0 atom stereocenters. The number of halogens is 1. The Kier molecular flexibility index (Phi) is 5.76. The molecule has 1 amide bonds. The highest BCUT2D eigenvalue weighted by Gasteiger charge is 2.10. The number of hydrogen-bond donors (Lipinski definition) is 2. The van der Waals surface area contributed by atoms with Gasteiger partial charge in [-0.15, -0.1) is 0 Å². The minimum Gasteiger partial charge on any atom is -0.350 e. The molecule has 0 saturated carbocycles. The van der Waals surface area contributed by atoms with E-state index in [2.05, 4.69) is 25.6 Å². The molecule has 0 aliphatic rings. The molecule has 0 saturated heterocycles. The van der Waals surface area contributed by atoms with Gasteiger partial charge in [-0.2, -0.15) is 0 Å². The van der Waals surface area contributed by atoms with Crippen LogP contribution in [0.3, 0.4) is 0 Å². The van der Waals surface area contributed by atoms with Crippen LogP contribution in [0.2, 0.25) is 5.02 Å². The van der Waals surface area contributed by atoms with E-state index in [0.717, 1.165) is 11.1 Å². The van der Waals surface area contributed by atoms with Crippen LogP contribution < -0.4 is 10.6 Å². The van der Waals surface area contributed by atoms with Crippen molar-refractivity contribution in [1.82, 2.24) is 20.3 Å². The smallest absolute Gasteiger partial charge is 0.270 e. The van der Waals surface area contributed by atoms with E-state index in [0.29, 0.717) is 35.4 Å². The van der Waals surface area contributed by atoms with Crippen molar-refractivity contribution in [2.45, 2.75) is 20.0 Å². The minimum absolute atomic E-state index is 0.255. The zero-order valence-corrected chi connectivity index (χ0v) is 15.0. The van der Waals surface area contributed by atoms with Gasteiger partial charge in [0.2, 0.25) is 5.95 Å². The van der Waals surface area contributed by atoms with E-state index in [-0.39, 0.29) is 5.91 Å². The van der Waals surface area contributed by atoms with E-state index in [4.69, 9.17) is 11.6 Å². The summed E-state index contributed by atoms with van der Waals surface area (Å²) < 4.78 is 0. The summed E-state index contributed by atoms with van der Waals surface area (Å²) in [5, 5.41) is 6.64. The highest BCUT2D eigenvalue weighted by molar-refractivity contribution is 6.30. The zero-order chi connectivity index (χ0) is 18.4. The molecule has 132 valence electrons. The number of nitrogens with one attached hydrogen (secondary N) is 2. The fourth-order valence-electron chi connectivity index (χ4n) is 2.32. The number of hydrogen-bond acceptors (Lipinski definition) is 5. The predicted molar refractivity (Wildman–Crippen MR) is 101 cm³/mol. The van der Waals surface area contributed by atoms with Crippen LogP contribution in [0.1, 0.15) is 27.3 Å². The van der Waals surface area contributed by atoms with Crippen molar-refractivity contribution in [3.05, 3.63) is 82.4 Å². The summed E-state index contributed by atoms with van der Waals surface area (Å²) in [5.41, 5.74) is 3.00. The molecule has 0 unspecified atom stereocenters. The first-order chi connectivity index (χ1) is 12.6. The van der Waals surface area contributed by atoms with E-state index in [1.807, 2.05) is 31.2 Å². The van der Waals surface area contributed by atoms with Crippen LogP contribution in [0.5, 0.6) is 0 Å². The first-order valence-electron chi connectivity index (χ1n) is 8.11. The Balaban J connectivity index is 1.64. The summed E-state index contributed by atoms with van der Waals surface area (Å²) in [6, 6.07) is 12.8. The lowest BCUT2D eigenvalue weighted by Crippen LogP contribution is -2.24. The monoisotopic (exact) mass is 367 g/mol. The molecule has 0 radical (unpaired) electrons. The summed E-state index contributed by atoms with van der Waals surface area (Å²) in [4.78, 5) is 25.1. The molecule has 0 spiro atoms. The molecule has 0 fully saturated rings. The molecule has 3 aromatic rings. The second kappa shape index (κ2) is 8.40. The summed E-state index contributed by atoms with van der Waals surface area (Å²) in [5.74, 6) is 0.153. The van der Waals surface area contributed by atoms with Gasteiger partial charge in [-0.1, -0.05) is 29.8 Å². The van der Waals surface area contributed by atoms with E-state index >= 15 is 0 Å². The van der Waals surface area contributed by atoms with Crippen molar-refractivity contribution in [1.29, 1.82) is 0 Å². The number of aromatic nitrogens is 3. The van der Waals surface area contributed by atoms with Gasteiger partial charge in [-0.25, -0.2) is 9.97 Å². The number of amides is 1. The third kappa shape index (κ3) is 5.00. The number of anilines is 1. The van der Waals surface area contributed by atoms with Crippen LogP contribution in [-0.2, 0) is 13.1 Å². The van der Waals surface area contributed by atoms with Crippen LogP contribution >= 0.6 is 11.6 Å². The second-order valence-corrected chi connectivity index (χ2v) is 6.18. The van der Waals surface area contributed by atoms with Gasteiger partial charge in [0.05, 0.1) is 0 Å². The number of carbonyl (C=O) groups is 1. The maximum Gasteiger partial charge on any atom is 0.270 e. The standard InChI is InChI=1S/C19H18ClN5O/c1-13-9-17(18(26)22-11-14-4-6-16(20)7-5-14)25-19(24-13)23-12-15-3-2-8-21-10-15/h2-10H,11-12H2,1H3,(H,22,26)(H,23,24,25). The van der Waals surface area contributed by atoms with Crippen molar-refractivity contribution in [2.24, 2.45) is 0 Å². The third-order valence-electron chi connectivity index (χ3n) is 3.63. The van der Waals surface area contributed by atoms with Crippen molar-refractivity contribution >= 4 is 23.5 Å². The molecule has 1 aromatic carbocycles. The lowest BCUT2D eigenvalue weighted by atomic mass is 10.2. The fourth-order valence-corrected chi connectivity index (χ4v) is 2.45. The Morgan fingerprint density at radius 1 is 1.08 bits per heavy atom. The Hall–Kier alpha value is -2.99. The Labute approximate surface area is 156 Å². The highest BCUT2D eigenvalue weighted by atomic mass is 35.5. The van der Waals surface area contributed by atoms with Gasteiger partial charge in [-0.05, 0) is 42.3 Å². The third-order valence-corrected chi connectivity index (χ3v) is 3.88. The van der Waals surface area contributed by atoms with Crippen LogP contribution in [0.25, 0.3) is 0 Å². The lowest BCUT2D eigenvalue weighted by Gasteiger charge is -2.09. The van der Waals surface area contributed by atoms with Crippen LogP contribution in [-0.4, -0.2) is 20.9 Å². The van der Waals surface area contributed by atoms with Gasteiger partial charge in [0.25, 0.3) is 5.91 Å². The van der Waals surface area contributed by atoms with Crippen molar-refractivity contribution in [3.8, 4) is 0 Å². The average Bonchev–Trinajstić information content (AvgIpc) is 2.66. The molecule has 2 N–H and O–H groups in total. The fraction of sp³-hybridized carbons (Fsp3) is 0.158. The molecular weight excluding hydrogens is 350 g/mol. The Bertz CT molecular complexity index is 884. The normalized spacial score (nSPS) is 10.4. The van der Waals surface area contributed by atoms with Crippen LogP contribution in [0.15, 0.2) is 54.9 Å². The lowest BCUT2D eigenvalue weighted by molar-refractivity contribution is 0.0945. The van der Waals surface area contributed by atoms with Crippen molar-refractivity contribution in [2.75, 3.05) is 5.32 Å². The summed E-state index contributed by atoms with van der Waals surface area (Å²) in [6.45, 7) is 2.76. The minimum atomic E-state index is -0.255. The summed E-state index contributed by atoms with van der Waals surface area (Å²) >= 11 is 5.86. The first kappa shape index (κ1) is 17.8. The molecule has 6 nitrogen and oxygen atoms in total. The molecule has 7 heteroatoms. The zero-order valence-electron chi connectivity index (χ0n) is 14.2. The summed E-state index contributed by atoms with van der Waals surface area (Å²) in [7, 11) is 0. The Morgan fingerprint density at radius 2 is 1.88 bits per heavy atom. The van der Waals surface area contributed by atoms with Gasteiger partial charge in [0, 0.05) is 36.2 Å². The van der Waals surface area contributed by atoms with E-state index in [1.165, 1.54) is 0 Å². The van der Waals surface area contributed by atoms with Gasteiger partial charge in [-0.3, -0.25) is 9.78 Å². The number of nitrogens with zero attached hydrogens (tertiary/aromatic N) is 3. The van der Waals surface area contributed by atoms with Gasteiger partial charge < -0.3 is 10.6 Å².